The van der Waals surface area contributed by atoms with Gasteiger partial charge in [0.1, 0.15) is 17.2 Å². The Hall–Kier alpha value is -4.33. The molecular weight excluding hydrogens is 425 g/mol. The number of carbonyl (C=O) groups is 2. The lowest BCUT2D eigenvalue weighted by Gasteiger charge is -2.33. The second-order valence-corrected chi connectivity index (χ2v) is 8.20. The fraction of sp³-hybridized carbons (Fsp3) is 0.120. The van der Waals surface area contributed by atoms with E-state index in [0.717, 1.165) is 17.7 Å². The number of hydrogen-bond donors (Lipinski definition) is 0. The van der Waals surface area contributed by atoms with Crippen molar-refractivity contribution in [1.82, 2.24) is 4.98 Å². The molecule has 0 radical (unpaired) electrons. The molecule has 7 nitrogen and oxygen atoms in total. The molecule has 2 aromatic heterocycles. The average molecular weight is 441 g/mol. The summed E-state index contributed by atoms with van der Waals surface area (Å²) in [6.07, 6.45) is 1.53. The maximum atomic E-state index is 14.0. The van der Waals surface area contributed by atoms with Gasteiger partial charge in [-0.25, -0.2) is 9.37 Å². The standard InChI is InChI=1S/C25H16FN3O4/c1-13-9-10-27-19(11-13)29-23(31)22-20(21(30)15-12-14(26)7-8-18(15)33-22)25(29)16-5-3-4-6-17(16)28(2)24(25)32/h3-12H,1-2H3. The van der Waals surface area contributed by atoms with Gasteiger partial charge in [0, 0.05) is 24.5 Å². The van der Waals surface area contributed by atoms with Crippen LogP contribution in [0.5, 0.6) is 0 Å². The maximum absolute atomic E-state index is 14.0. The molecule has 0 N–H and O–H groups in total. The summed E-state index contributed by atoms with van der Waals surface area (Å²) in [6, 6.07) is 13.9. The lowest BCUT2D eigenvalue weighted by Crippen LogP contribution is -2.53. The number of fused-ring (bicyclic) bond motifs is 5. The predicted molar refractivity (Wildman–Crippen MR) is 119 cm³/mol. The van der Waals surface area contributed by atoms with Crippen LogP contribution in [0.3, 0.4) is 0 Å². The van der Waals surface area contributed by atoms with Gasteiger partial charge in [0.25, 0.3) is 11.8 Å². The molecule has 33 heavy (non-hydrogen) atoms. The summed E-state index contributed by atoms with van der Waals surface area (Å²) >= 11 is 0. The van der Waals surface area contributed by atoms with Gasteiger partial charge in [0.05, 0.1) is 10.9 Å². The van der Waals surface area contributed by atoms with Gasteiger partial charge in [0.15, 0.2) is 11.0 Å². The van der Waals surface area contributed by atoms with Crippen LogP contribution in [0.1, 0.15) is 27.2 Å². The van der Waals surface area contributed by atoms with E-state index in [2.05, 4.69) is 4.98 Å². The molecule has 162 valence electrons. The Bertz CT molecular complexity index is 1590. The second kappa shape index (κ2) is 6.35. The SMILES string of the molecule is Cc1ccnc(N2C(=O)c3oc4ccc(F)cc4c(=O)c3C23C(=O)N(C)c2ccccc23)c1. The lowest BCUT2D eigenvalue weighted by molar-refractivity contribution is -0.121. The molecule has 0 saturated heterocycles. The van der Waals surface area contributed by atoms with Crippen molar-refractivity contribution in [3.63, 3.8) is 0 Å². The highest BCUT2D eigenvalue weighted by Crippen LogP contribution is 2.53. The van der Waals surface area contributed by atoms with E-state index in [-0.39, 0.29) is 28.1 Å². The number of amides is 2. The molecule has 0 aliphatic carbocycles. The maximum Gasteiger partial charge on any atom is 0.297 e. The summed E-state index contributed by atoms with van der Waals surface area (Å²) in [5.74, 6) is -1.83. The normalized spacial score (nSPS) is 19.0. The Labute approximate surface area is 186 Å². The summed E-state index contributed by atoms with van der Waals surface area (Å²) in [7, 11) is 1.59. The monoisotopic (exact) mass is 441 g/mol. The average Bonchev–Trinajstić information content (AvgIpc) is 3.19. The fourth-order valence-corrected chi connectivity index (χ4v) is 4.93. The molecular formula is C25H16FN3O4. The lowest BCUT2D eigenvalue weighted by atomic mass is 9.84. The van der Waals surface area contributed by atoms with Crippen molar-refractivity contribution in [2.75, 3.05) is 16.8 Å². The van der Waals surface area contributed by atoms with E-state index in [1.165, 1.54) is 22.1 Å². The molecule has 2 amide bonds. The van der Waals surface area contributed by atoms with Crippen LogP contribution in [0.25, 0.3) is 11.0 Å². The molecule has 2 aliphatic rings. The number of aromatic nitrogens is 1. The quantitative estimate of drug-likeness (QED) is 0.451. The molecule has 2 aliphatic heterocycles. The smallest absolute Gasteiger partial charge is 0.297 e. The van der Waals surface area contributed by atoms with Crippen molar-refractivity contribution >= 4 is 34.3 Å². The molecule has 1 atom stereocenters. The van der Waals surface area contributed by atoms with Crippen LogP contribution in [0.15, 0.2) is 70.0 Å². The number of para-hydroxylation sites is 1. The van der Waals surface area contributed by atoms with Gasteiger partial charge in [-0.2, -0.15) is 0 Å². The first kappa shape index (κ1) is 19.4. The Balaban J connectivity index is 1.81. The van der Waals surface area contributed by atoms with Crippen LogP contribution in [0, 0.1) is 12.7 Å². The zero-order chi connectivity index (χ0) is 23.1. The van der Waals surface area contributed by atoms with Crippen molar-refractivity contribution in [3.05, 3.63) is 99.3 Å². The zero-order valence-corrected chi connectivity index (χ0v) is 17.6. The van der Waals surface area contributed by atoms with Gasteiger partial charge < -0.3 is 9.32 Å². The van der Waals surface area contributed by atoms with Crippen LogP contribution in [0.2, 0.25) is 0 Å². The third-order valence-corrected chi connectivity index (χ3v) is 6.35. The third-order valence-electron chi connectivity index (χ3n) is 6.35. The van der Waals surface area contributed by atoms with Crippen LogP contribution < -0.4 is 15.2 Å². The molecule has 1 spiro atoms. The van der Waals surface area contributed by atoms with Gasteiger partial charge in [-0.1, -0.05) is 18.2 Å². The van der Waals surface area contributed by atoms with Gasteiger partial charge in [-0.05, 0) is 48.9 Å². The summed E-state index contributed by atoms with van der Waals surface area (Å²) < 4.78 is 19.9. The van der Waals surface area contributed by atoms with E-state index >= 15 is 0 Å². The van der Waals surface area contributed by atoms with E-state index < -0.39 is 28.6 Å². The molecule has 6 rings (SSSR count). The minimum atomic E-state index is -1.82. The number of aryl methyl sites for hydroxylation is 1. The third kappa shape index (κ3) is 2.27. The first-order valence-corrected chi connectivity index (χ1v) is 10.3. The zero-order valence-electron chi connectivity index (χ0n) is 17.6. The summed E-state index contributed by atoms with van der Waals surface area (Å²) in [6.45, 7) is 1.84. The van der Waals surface area contributed by atoms with Gasteiger partial charge in [0.2, 0.25) is 5.76 Å². The Morgan fingerprint density at radius 3 is 2.61 bits per heavy atom. The summed E-state index contributed by atoms with van der Waals surface area (Å²) in [5.41, 5.74) is -0.689. The molecule has 0 bridgehead atoms. The fourth-order valence-electron chi connectivity index (χ4n) is 4.93. The number of rotatable bonds is 1. The van der Waals surface area contributed by atoms with Crippen molar-refractivity contribution in [2.24, 2.45) is 0 Å². The molecule has 0 saturated carbocycles. The molecule has 0 fully saturated rings. The molecule has 1 unspecified atom stereocenters. The van der Waals surface area contributed by atoms with Gasteiger partial charge >= 0.3 is 0 Å². The predicted octanol–water partition coefficient (Wildman–Crippen LogP) is 3.52. The largest absolute Gasteiger partial charge is 0.450 e. The second-order valence-electron chi connectivity index (χ2n) is 8.20. The summed E-state index contributed by atoms with van der Waals surface area (Å²) in [4.78, 5) is 48.6. The minimum Gasteiger partial charge on any atom is -0.450 e. The van der Waals surface area contributed by atoms with E-state index in [1.807, 2.05) is 6.92 Å². The number of pyridine rings is 1. The van der Waals surface area contributed by atoms with E-state index in [9.17, 15) is 18.8 Å². The number of benzene rings is 2. The van der Waals surface area contributed by atoms with Crippen molar-refractivity contribution in [2.45, 2.75) is 12.5 Å². The van der Waals surface area contributed by atoms with Crippen LogP contribution in [0.4, 0.5) is 15.9 Å². The number of anilines is 2. The molecule has 8 heteroatoms. The van der Waals surface area contributed by atoms with Crippen LogP contribution in [-0.2, 0) is 10.3 Å². The molecule has 4 aromatic rings. The van der Waals surface area contributed by atoms with Crippen molar-refractivity contribution in [1.29, 1.82) is 0 Å². The van der Waals surface area contributed by atoms with Crippen LogP contribution in [-0.4, -0.2) is 23.8 Å². The number of carbonyl (C=O) groups excluding carboxylic acids is 2. The Morgan fingerprint density at radius 2 is 1.82 bits per heavy atom. The number of hydrogen-bond acceptors (Lipinski definition) is 5. The number of nitrogens with zero attached hydrogens (tertiary/aromatic N) is 3. The highest BCUT2D eigenvalue weighted by Gasteiger charge is 2.65. The topological polar surface area (TPSA) is 83.7 Å². The van der Waals surface area contributed by atoms with Gasteiger partial charge in [-0.3, -0.25) is 19.3 Å². The Morgan fingerprint density at radius 1 is 1.03 bits per heavy atom. The van der Waals surface area contributed by atoms with E-state index in [4.69, 9.17) is 4.42 Å². The number of halogens is 1. The summed E-state index contributed by atoms with van der Waals surface area (Å²) in [5, 5.41) is -0.0418. The first-order chi connectivity index (χ1) is 15.9. The van der Waals surface area contributed by atoms with E-state index in [0.29, 0.717) is 11.3 Å². The minimum absolute atomic E-state index is 0.0418. The highest BCUT2D eigenvalue weighted by molar-refractivity contribution is 6.23. The molecule has 4 heterocycles. The van der Waals surface area contributed by atoms with Crippen LogP contribution >= 0.6 is 0 Å². The highest BCUT2D eigenvalue weighted by atomic mass is 19.1. The van der Waals surface area contributed by atoms with Crippen molar-refractivity contribution < 1.29 is 18.4 Å². The first-order valence-electron chi connectivity index (χ1n) is 10.3. The van der Waals surface area contributed by atoms with Gasteiger partial charge in [-0.15, -0.1) is 0 Å². The Kier molecular flexibility index (Phi) is 3.73. The molecule has 2 aromatic carbocycles. The number of likely N-dealkylation sites (N-methyl/N-ethyl adjacent to an activating group) is 1. The van der Waals surface area contributed by atoms with E-state index in [1.54, 1.807) is 43.4 Å². The van der Waals surface area contributed by atoms with Crippen molar-refractivity contribution in [3.8, 4) is 0 Å².